The molecule has 0 saturated carbocycles. The summed E-state index contributed by atoms with van der Waals surface area (Å²) in [5.74, 6) is -1.01. The molecule has 1 atom stereocenters. The molecular formula is C11H12ClN3O2. The van der Waals surface area contributed by atoms with Gasteiger partial charge in [0.1, 0.15) is 16.9 Å². The standard InChI is InChI=1S/C11H12ClN3O2/c1-7(11(16)17)6-15(2)10-9(12)8(5-13)3-4-14-10/h3-4,7H,6H2,1-2H3,(H,16,17). The number of carboxylic acid groups (broad SMARTS) is 1. The van der Waals surface area contributed by atoms with Crippen LogP contribution in [0.25, 0.3) is 0 Å². The number of aromatic nitrogens is 1. The topological polar surface area (TPSA) is 77.2 Å². The van der Waals surface area contributed by atoms with Crippen LogP contribution in [0.1, 0.15) is 12.5 Å². The van der Waals surface area contributed by atoms with E-state index in [1.165, 1.54) is 12.3 Å². The zero-order valence-electron chi connectivity index (χ0n) is 9.51. The van der Waals surface area contributed by atoms with Crippen LogP contribution < -0.4 is 4.90 Å². The fourth-order valence-electron chi connectivity index (χ4n) is 1.36. The van der Waals surface area contributed by atoms with Crippen LogP contribution in [0.2, 0.25) is 5.02 Å². The van der Waals surface area contributed by atoms with Crippen molar-refractivity contribution in [3.05, 3.63) is 22.8 Å². The predicted molar refractivity (Wildman–Crippen MR) is 64.0 cm³/mol. The minimum atomic E-state index is -0.885. The quantitative estimate of drug-likeness (QED) is 0.885. The van der Waals surface area contributed by atoms with E-state index in [0.29, 0.717) is 11.4 Å². The lowest BCUT2D eigenvalue weighted by molar-refractivity contribution is -0.140. The number of carboxylic acids is 1. The van der Waals surface area contributed by atoms with Gasteiger partial charge in [0.2, 0.25) is 0 Å². The highest BCUT2D eigenvalue weighted by atomic mass is 35.5. The van der Waals surface area contributed by atoms with E-state index >= 15 is 0 Å². The van der Waals surface area contributed by atoms with Crippen LogP contribution in [-0.4, -0.2) is 29.7 Å². The van der Waals surface area contributed by atoms with Gasteiger partial charge in [0, 0.05) is 19.8 Å². The molecule has 17 heavy (non-hydrogen) atoms. The van der Waals surface area contributed by atoms with E-state index in [0.717, 1.165) is 0 Å². The molecule has 1 heterocycles. The molecule has 0 saturated heterocycles. The van der Waals surface area contributed by atoms with Gasteiger partial charge in [-0.2, -0.15) is 5.26 Å². The zero-order valence-corrected chi connectivity index (χ0v) is 10.3. The predicted octanol–water partition coefficient (Wildman–Crippen LogP) is 1.76. The first-order valence-corrected chi connectivity index (χ1v) is 5.33. The fourth-order valence-corrected chi connectivity index (χ4v) is 1.66. The largest absolute Gasteiger partial charge is 0.481 e. The van der Waals surface area contributed by atoms with Crippen molar-refractivity contribution in [1.29, 1.82) is 5.26 Å². The van der Waals surface area contributed by atoms with E-state index in [9.17, 15) is 4.79 Å². The summed E-state index contributed by atoms with van der Waals surface area (Å²) in [5, 5.41) is 17.9. The van der Waals surface area contributed by atoms with Crippen molar-refractivity contribution in [3.8, 4) is 6.07 Å². The van der Waals surface area contributed by atoms with E-state index in [-0.39, 0.29) is 11.6 Å². The highest BCUT2D eigenvalue weighted by molar-refractivity contribution is 6.34. The van der Waals surface area contributed by atoms with Crippen LogP contribution in [0.3, 0.4) is 0 Å². The maximum absolute atomic E-state index is 10.7. The maximum Gasteiger partial charge on any atom is 0.308 e. The molecule has 0 radical (unpaired) electrons. The molecule has 6 heteroatoms. The molecule has 1 N–H and O–H groups in total. The zero-order chi connectivity index (χ0) is 13.0. The summed E-state index contributed by atoms with van der Waals surface area (Å²) in [6, 6.07) is 3.47. The molecule has 0 aliphatic heterocycles. The van der Waals surface area contributed by atoms with Gasteiger partial charge < -0.3 is 10.0 Å². The Morgan fingerprint density at radius 1 is 1.76 bits per heavy atom. The number of nitrogens with zero attached hydrogens (tertiary/aromatic N) is 3. The highest BCUT2D eigenvalue weighted by Crippen LogP contribution is 2.25. The Kier molecular flexibility index (Phi) is 4.30. The number of rotatable bonds is 4. The summed E-state index contributed by atoms with van der Waals surface area (Å²) in [6.45, 7) is 1.87. The van der Waals surface area contributed by atoms with Crippen molar-refractivity contribution in [2.75, 3.05) is 18.5 Å². The molecule has 0 amide bonds. The Labute approximate surface area is 104 Å². The third kappa shape index (κ3) is 3.08. The van der Waals surface area contributed by atoms with Crippen LogP contribution in [0, 0.1) is 17.2 Å². The average molecular weight is 254 g/mol. The van der Waals surface area contributed by atoms with E-state index < -0.39 is 11.9 Å². The number of hydrogen-bond donors (Lipinski definition) is 1. The summed E-state index contributed by atoms with van der Waals surface area (Å²) < 4.78 is 0. The number of nitriles is 1. The SMILES string of the molecule is CC(CN(C)c1nccc(C#N)c1Cl)C(=O)O. The molecule has 5 nitrogen and oxygen atoms in total. The molecule has 0 spiro atoms. The van der Waals surface area contributed by atoms with Gasteiger partial charge in [0.05, 0.1) is 11.5 Å². The van der Waals surface area contributed by atoms with Crippen molar-refractivity contribution in [2.45, 2.75) is 6.92 Å². The van der Waals surface area contributed by atoms with Gasteiger partial charge in [0.15, 0.2) is 0 Å². The Morgan fingerprint density at radius 3 is 2.94 bits per heavy atom. The van der Waals surface area contributed by atoms with E-state index in [2.05, 4.69) is 4.98 Å². The number of anilines is 1. The van der Waals surface area contributed by atoms with Crippen molar-refractivity contribution < 1.29 is 9.90 Å². The fraction of sp³-hybridized carbons (Fsp3) is 0.364. The number of pyridine rings is 1. The van der Waals surface area contributed by atoms with Gasteiger partial charge in [-0.1, -0.05) is 18.5 Å². The third-order valence-electron chi connectivity index (χ3n) is 2.32. The Balaban J connectivity index is 2.94. The number of aliphatic carboxylic acids is 1. The van der Waals surface area contributed by atoms with Gasteiger partial charge in [0.25, 0.3) is 0 Å². The second kappa shape index (κ2) is 5.51. The first-order valence-electron chi connectivity index (χ1n) is 4.96. The van der Waals surface area contributed by atoms with Gasteiger partial charge in [-0.25, -0.2) is 4.98 Å². The van der Waals surface area contributed by atoms with Crippen LogP contribution >= 0.6 is 11.6 Å². The van der Waals surface area contributed by atoms with E-state index in [1.807, 2.05) is 6.07 Å². The molecule has 1 rings (SSSR count). The lowest BCUT2D eigenvalue weighted by Crippen LogP contribution is -2.29. The molecule has 0 aliphatic rings. The molecule has 0 fully saturated rings. The average Bonchev–Trinajstić information content (AvgIpc) is 2.28. The normalized spacial score (nSPS) is 11.6. The summed E-state index contributed by atoms with van der Waals surface area (Å²) in [5.41, 5.74) is 0.325. The highest BCUT2D eigenvalue weighted by Gasteiger charge is 2.17. The Morgan fingerprint density at radius 2 is 2.41 bits per heavy atom. The lowest BCUT2D eigenvalue weighted by Gasteiger charge is -2.21. The molecule has 0 bridgehead atoms. The van der Waals surface area contributed by atoms with Crippen molar-refractivity contribution in [3.63, 3.8) is 0 Å². The first-order chi connectivity index (χ1) is 7.97. The van der Waals surface area contributed by atoms with Gasteiger partial charge in [-0.3, -0.25) is 4.79 Å². The minimum absolute atomic E-state index is 0.245. The lowest BCUT2D eigenvalue weighted by atomic mass is 10.1. The van der Waals surface area contributed by atoms with Crippen molar-refractivity contribution >= 4 is 23.4 Å². The third-order valence-corrected chi connectivity index (χ3v) is 2.69. The smallest absolute Gasteiger partial charge is 0.308 e. The van der Waals surface area contributed by atoms with Crippen molar-refractivity contribution in [1.82, 2.24) is 4.98 Å². The van der Waals surface area contributed by atoms with Crippen LogP contribution in [-0.2, 0) is 4.79 Å². The van der Waals surface area contributed by atoms with Gasteiger partial charge in [-0.05, 0) is 6.07 Å². The van der Waals surface area contributed by atoms with Crippen LogP contribution in [0.5, 0.6) is 0 Å². The summed E-state index contributed by atoms with van der Waals surface area (Å²) >= 11 is 5.99. The van der Waals surface area contributed by atoms with Crippen LogP contribution in [0.4, 0.5) is 5.82 Å². The summed E-state index contributed by atoms with van der Waals surface area (Å²) in [7, 11) is 1.69. The Bertz CT molecular complexity index is 470. The second-order valence-electron chi connectivity index (χ2n) is 3.73. The molecule has 0 aliphatic carbocycles. The first kappa shape index (κ1) is 13.3. The van der Waals surface area contributed by atoms with E-state index in [4.69, 9.17) is 22.0 Å². The molecule has 1 unspecified atom stereocenters. The monoisotopic (exact) mass is 253 g/mol. The number of hydrogen-bond acceptors (Lipinski definition) is 4. The summed E-state index contributed by atoms with van der Waals surface area (Å²) in [4.78, 5) is 16.4. The van der Waals surface area contributed by atoms with Crippen LogP contribution in [0.15, 0.2) is 12.3 Å². The van der Waals surface area contributed by atoms with Gasteiger partial charge in [-0.15, -0.1) is 0 Å². The Hall–Kier alpha value is -1.80. The number of carbonyl (C=O) groups is 1. The van der Waals surface area contributed by atoms with E-state index in [1.54, 1.807) is 18.9 Å². The summed E-state index contributed by atoms with van der Waals surface area (Å²) in [6.07, 6.45) is 1.47. The molecule has 1 aromatic heterocycles. The van der Waals surface area contributed by atoms with Gasteiger partial charge >= 0.3 is 5.97 Å². The minimum Gasteiger partial charge on any atom is -0.481 e. The number of halogens is 1. The molecule has 0 aromatic carbocycles. The molecule has 90 valence electrons. The maximum atomic E-state index is 10.7. The molecule has 1 aromatic rings. The second-order valence-corrected chi connectivity index (χ2v) is 4.11. The molecular weight excluding hydrogens is 242 g/mol. The van der Waals surface area contributed by atoms with Crippen molar-refractivity contribution in [2.24, 2.45) is 5.92 Å².